The monoisotopic (exact) mass is 361 g/mol. The van der Waals surface area contributed by atoms with E-state index in [1.54, 1.807) is 0 Å². The summed E-state index contributed by atoms with van der Waals surface area (Å²) in [5.74, 6) is 0. The summed E-state index contributed by atoms with van der Waals surface area (Å²) in [5, 5.41) is 0. The van der Waals surface area contributed by atoms with Crippen LogP contribution in [0.25, 0.3) is 0 Å². The molecule has 0 saturated carbocycles. The summed E-state index contributed by atoms with van der Waals surface area (Å²) < 4.78 is 114. The summed E-state index contributed by atoms with van der Waals surface area (Å²) >= 11 is 0. The number of alkyl halides is 6. The Kier molecular flexibility index (Phi) is 5.70. The number of hydrogen-bond donors (Lipinski definition) is 0. The average molecular weight is 361 g/mol. The number of hydrogen-bond acceptors (Lipinski definition) is 3. The highest BCUT2D eigenvalue weighted by Crippen LogP contribution is 2.36. The second-order valence-corrected chi connectivity index (χ2v) is 4.85. The molecule has 0 spiro atoms. The van der Waals surface area contributed by atoms with E-state index in [-0.39, 0.29) is 13.1 Å². The van der Waals surface area contributed by atoms with Gasteiger partial charge in [0.25, 0.3) is 6.10 Å². The lowest BCUT2D eigenvalue weighted by atomic mass is 9.91. The summed E-state index contributed by atoms with van der Waals surface area (Å²) in [6.45, 7) is -6.72. The third kappa shape index (κ3) is 6.35. The van der Waals surface area contributed by atoms with Crippen molar-refractivity contribution in [3.05, 3.63) is 0 Å². The molecule has 0 aromatic heterocycles. The number of rotatable bonds is 3. The molecule has 0 aromatic rings. The van der Waals surface area contributed by atoms with Gasteiger partial charge >= 0.3 is 25.4 Å². The van der Waals surface area contributed by atoms with Crippen LogP contribution in [0.3, 0.4) is 0 Å². The quantitative estimate of drug-likeness (QED) is 0.573. The number of halogens is 9. The minimum atomic E-state index is -5.84. The standard InChI is InChI=1S/C9H11BF9N2O2/c11-8(12,13)6(9(14,15)16)23-7(22)21-3-1-20(2-4-21)5-10(17,18)19/h6H,1-5H2/q-1. The zero-order chi connectivity index (χ0) is 18.1. The van der Waals surface area contributed by atoms with Crippen molar-refractivity contribution in [1.29, 1.82) is 0 Å². The highest BCUT2D eigenvalue weighted by Gasteiger charge is 2.60. The molecular formula is C9H11BF9N2O2-. The molecule has 1 aliphatic rings. The highest BCUT2D eigenvalue weighted by molar-refractivity contribution is 6.58. The van der Waals surface area contributed by atoms with Crippen LogP contribution in [0.2, 0.25) is 0 Å². The van der Waals surface area contributed by atoms with E-state index < -0.39 is 51.1 Å². The van der Waals surface area contributed by atoms with Crippen molar-refractivity contribution < 1.29 is 48.8 Å². The maximum Gasteiger partial charge on any atom is 0.492 e. The molecule has 0 radical (unpaired) electrons. The zero-order valence-electron chi connectivity index (χ0n) is 11.3. The Morgan fingerprint density at radius 3 is 1.74 bits per heavy atom. The first-order valence-electron chi connectivity index (χ1n) is 6.22. The van der Waals surface area contributed by atoms with Gasteiger partial charge in [-0.05, 0) is 6.44 Å². The molecule has 0 unspecified atom stereocenters. The maximum atomic E-state index is 12.2. The lowest BCUT2D eigenvalue weighted by Crippen LogP contribution is -2.54. The topological polar surface area (TPSA) is 32.8 Å². The van der Waals surface area contributed by atoms with Crippen molar-refractivity contribution in [3.8, 4) is 0 Å². The highest BCUT2D eigenvalue weighted by atomic mass is 19.4. The van der Waals surface area contributed by atoms with Crippen LogP contribution >= 0.6 is 0 Å². The second-order valence-electron chi connectivity index (χ2n) is 4.85. The molecule has 0 aromatic carbocycles. The SMILES string of the molecule is O=C(OC(C(F)(F)F)C(F)(F)F)N1CCN(C[B-](F)(F)F)CC1. The Hall–Kier alpha value is -1.34. The van der Waals surface area contributed by atoms with Gasteiger partial charge in [0.1, 0.15) is 0 Å². The third-order valence-corrected chi connectivity index (χ3v) is 2.91. The summed E-state index contributed by atoms with van der Waals surface area (Å²) in [6.07, 6.45) is -19.1. The van der Waals surface area contributed by atoms with Crippen molar-refractivity contribution in [1.82, 2.24) is 9.80 Å². The van der Waals surface area contributed by atoms with Crippen LogP contribution in [0.1, 0.15) is 0 Å². The lowest BCUT2D eigenvalue weighted by molar-refractivity contribution is -0.308. The molecule has 1 fully saturated rings. The first-order valence-corrected chi connectivity index (χ1v) is 6.22. The van der Waals surface area contributed by atoms with Gasteiger partial charge in [0, 0.05) is 26.2 Å². The van der Waals surface area contributed by atoms with Crippen molar-refractivity contribution in [2.45, 2.75) is 18.5 Å². The Bertz CT molecular complexity index is 401. The summed E-state index contributed by atoms with van der Waals surface area (Å²) in [6, 6.07) is 0. The molecule has 1 heterocycles. The molecule has 1 amide bonds. The first-order chi connectivity index (χ1) is 10.2. The average Bonchev–Trinajstić information content (AvgIpc) is 2.31. The van der Waals surface area contributed by atoms with E-state index in [1.807, 2.05) is 0 Å². The molecule has 0 atom stereocenters. The van der Waals surface area contributed by atoms with Gasteiger partial charge in [-0.3, -0.25) is 0 Å². The fourth-order valence-electron chi connectivity index (χ4n) is 1.90. The van der Waals surface area contributed by atoms with Gasteiger partial charge < -0.3 is 27.5 Å². The van der Waals surface area contributed by atoms with Gasteiger partial charge in [0.05, 0.1) is 0 Å². The van der Waals surface area contributed by atoms with Crippen LogP contribution in [0.5, 0.6) is 0 Å². The van der Waals surface area contributed by atoms with Crippen molar-refractivity contribution in [2.24, 2.45) is 0 Å². The number of ether oxygens (including phenoxy) is 1. The molecule has 1 aliphatic heterocycles. The van der Waals surface area contributed by atoms with Crippen molar-refractivity contribution in [2.75, 3.05) is 32.6 Å². The van der Waals surface area contributed by atoms with Gasteiger partial charge in [-0.15, -0.1) is 0 Å². The van der Waals surface area contributed by atoms with E-state index in [2.05, 4.69) is 4.74 Å². The molecule has 4 nitrogen and oxygen atoms in total. The zero-order valence-corrected chi connectivity index (χ0v) is 11.3. The number of amides is 1. The van der Waals surface area contributed by atoms with Gasteiger partial charge in [-0.1, -0.05) is 0 Å². The maximum absolute atomic E-state index is 12.2. The number of nitrogens with zero attached hydrogens (tertiary/aromatic N) is 2. The number of piperazine rings is 1. The Morgan fingerprint density at radius 1 is 0.957 bits per heavy atom. The summed E-state index contributed by atoms with van der Waals surface area (Å²) in [5.41, 5.74) is 0. The van der Waals surface area contributed by atoms with Gasteiger partial charge in [-0.25, -0.2) is 4.79 Å². The molecule has 1 rings (SSSR count). The fraction of sp³-hybridized carbons (Fsp3) is 0.889. The van der Waals surface area contributed by atoms with Gasteiger partial charge in [-0.2, -0.15) is 26.3 Å². The molecular weight excluding hydrogens is 350 g/mol. The molecule has 0 aliphatic carbocycles. The smallest absolute Gasteiger partial charge is 0.448 e. The van der Waals surface area contributed by atoms with Crippen molar-refractivity contribution in [3.63, 3.8) is 0 Å². The predicted octanol–water partition coefficient (Wildman–Crippen LogP) is 2.62. The Morgan fingerprint density at radius 2 is 1.39 bits per heavy atom. The molecule has 136 valence electrons. The second kappa shape index (κ2) is 6.65. The van der Waals surface area contributed by atoms with Crippen LogP contribution in [-0.2, 0) is 4.74 Å². The minimum Gasteiger partial charge on any atom is -0.448 e. The van der Waals surface area contributed by atoms with E-state index in [0.717, 1.165) is 4.90 Å². The van der Waals surface area contributed by atoms with E-state index in [9.17, 15) is 44.1 Å². The van der Waals surface area contributed by atoms with Crippen LogP contribution < -0.4 is 0 Å². The predicted molar refractivity (Wildman–Crippen MR) is 59.5 cm³/mol. The summed E-state index contributed by atoms with van der Waals surface area (Å²) in [4.78, 5) is 12.8. The number of carbonyl (C=O) groups is 1. The minimum absolute atomic E-state index is 0.334. The van der Waals surface area contributed by atoms with Crippen LogP contribution in [0, 0.1) is 0 Å². The lowest BCUT2D eigenvalue weighted by Gasteiger charge is -2.37. The molecule has 0 N–H and O–H groups in total. The van der Waals surface area contributed by atoms with Crippen molar-refractivity contribution >= 4 is 13.1 Å². The molecule has 23 heavy (non-hydrogen) atoms. The Balaban J connectivity index is 2.60. The molecule has 0 bridgehead atoms. The number of carbonyl (C=O) groups excluding carboxylic acids is 1. The van der Waals surface area contributed by atoms with E-state index in [0.29, 0.717) is 4.90 Å². The largest absolute Gasteiger partial charge is 0.492 e. The molecule has 1 saturated heterocycles. The first kappa shape index (κ1) is 19.7. The third-order valence-electron chi connectivity index (χ3n) is 2.91. The van der Waals surface area contributed by atoms with Gasteiger partial charge in [0.2, 0.25) is 0 Å². The van der Waals surface area contributed by atoms with Crippen LogP contribution in [0.15, 0.2) is 0 Å². The van der Waals surface area contributed by atoms with Crippen LogP contribution in [0.4, 0.5) is 44.1 Å². The normalized spacial score (nSPS) is 18.4. The fourth-order valence-corrected chi connectivity index (χ4v) is 1.90. The van der Waals surface area contributed by atoms with E-state index >= 15 is 0 Å². The van der Waals surface area contributed by atoms with E-state index in [4.69, 9.17) is 0 Å². The van der Waals surface area contributed by atoms with Crippen LogP contribution in [-0.4, -0.2) is 74.0 Å². The van der Waals surface area contributed by atoms with E-state index in [1.165, 1.54) is 0 Å². The Labute approximate surface area is 124 Å². The summed E-state index contributed by atoms with van der Waals surface area (Å²) in [7, 11) is 0. The van der Waals surface area contributed by atoms with Gasteiger partial charge in [0.15, 0.2) is 0 Å². The molecule has 14 heteroatoms.